The van der Waals surface area contributed by atoms with E-state index in [1.807, 2.05) is 0 Å². The molecule has 0 saturated carbocycles. The van der Waals surface area contributed by atoms with E-state index in [0.29, 0.717) is 13.0 Å². The maximum absolute atomic E-state index is 10.4. The first-order valence-corrected chi connectivity index (χ1v) is 4.74. The van der Waals surface area contributed by atoms with Crippen molar-refractivity contribution >= 4 is 5.97 Å². The smallest absolute Gasteiger partial charge is 0.303 e. The average Bonchev–Trinajstić information content (AvgIpc) is 2.47. The van der Waals surface area contributed by atoms with Gasteiger partial charge in [0.05, 0.1) is 12.7 Å². The van der Waals surface area contributed by atoms with Crippen LogP contribution in [0, 0.1) is 5.92 Å². The summed E-state index contributed by atoms with van der Waals surface area (Å²) in [4.78, 5) is 10.4. The maximum Gasteiger partial charge on any atom is 0.303 e. The maximum atomic E-state index is 10.4. The van der Waals surface area contributed by atoms with Gasteiger partial charge in [-0.05, 0) is 19.3 Å². The molecular formula is C9H14O4. The SMILES string of the molecule is O=C(O)CCC1CC[C@H]2CO[C@@H]1O2. The van der Waals surface area contributed by atoms with Gasteiger partial charge in [-0.25, -0.2) is 0 Å². The Morgan fingerprint density at radius 1 is 1.46 bits per heavy atom. The minimum atomic E-state index is -0.736. The molecule has 3 atom stereocenters. The number of carbonyl (C=O) groups is 1. The fourth-order valence-electron chi connectivity index (χ4n) is 1.99. The summed E-state index contributed by atoms with van der Waals surface area (Å²) in [6.07, 6.45) is 3.10. The second-order valence-corrected chi connectivity index (χ2v) is 3.73. The van der Waals surface area contributed by atoms with Crippen LogP contribution in [0.1, 0.15) is 25.7 Å². The molecule has 1 N–H and O–H groups in total. The Morgan fingerprint density at radius 3 is 3.08 bits per heavy atom. The van der Waals surface area contributed by atoms with Crippen LogP contribution < -0.4 is 0 Å². The second-order valence-electron chi connectivity index (χ2n) is 3.73. The molecule has 0 aliphatic carbocycles. The molecule has 2 aliphatic heterocycles. The van der Waals surface area contributed by atoms with E-state index in [4.69, 9.17) is 14.6 Å². The predicted molar refractivity (Wildman–Crippen MR) is 44.2 cm³/mol. The second kappa shape index (κ2) is 3.64. The van der Waals surface area contributed by atoms with Gasteiger partial charge in [-0.3, -0.25) is 4.79 Å². The Hall–Kier alpha value is -0.610. The van der Waals surface area contributed by atoms with Gasteiger partial charge in [0.25, 0.3) is 0 Å². The molecule has 4 nitrogen and oxygen atoms in total. The highest BCUT2D eigenvalue weighted by Crippen LogP contribution is 2.33. The molecule has 0 amide bonds. The number of aliphatic carboxylic acids is 1. The first kappa shape index (κ1) is 8.97. The van der Waals surface area contributed by atoms with Crippen LogP contribution in [0.3, 0.4) is 0 Å². The van der Waals surface area contributed by atoms with Crippen molar-refractivity contribution in [1.82, 2.24) is 0 Å². The van der Waals surface area contributed by atoms with Gasteiger partial charge in [-0.15, -0.1) is 0 Å². The number of hydrogen-bond donors (Lipinski definition) is 1. The van der Waals surface area contributed by atoms with E-state index < -0.39 is 5.97 Å². The number of carboxylic acids is 1. The molecule has 2 bridgehead atoms. The molecule has 1 unspecified atom stereocenters. The number of ether oxygens (including phenoxy) is 2. The average molecular weight is 186 g/mol. The summed E-state index contributed by atoms with van der Waals surface area (Å²) >= 11 is 0. The van der Waals surface area contributed by atoms with Gasteiger partial charge in [0.15, 0.2) is 6.29 Å². The lowest BCUT2D eigenvalue weighted by molar-refractivity contribution is -0.141. The molecule has 2 rings (SSSR count). The summed E-state index contributed by atoms with van der Waals surface area (Å²) in [5.74, 6) is -0.449. The highest BCUT2D eigenvalue weighted by Gasteiger charge is 2.37. The van der Waals surface area contributed by atoms with Crippen LogP contribution in [0.15, 0.2) is 0 Å². The van der Waals surface area contributed by atoms with Gasteiger partial charge in [0, 0.05) is 12.3 Å². The Labute approximate surface area is 76.8 Å². The molecule has 74 valence electrons. The zero-order chi connectivity index (χ0) is 9.26. The van der Waals surface area contributed by atoms with Crippen molar-refractivity contribution in [3.8, 4) is 0 Å². The van der Waals surface area contributed by atoms with Crippen LogP contribution in [-0.4, -0.2) is 30.1 Å². The van der Waals surface area contributed by atoms with Gasteiger partial charge >= 0.3 is 5.97 Å². The Balaban J connectivity index is 1.82. The third-order valence-corrected chi connectivity index (χ3v) is 2.75. The fourth-order valence-corrected chi connectivity index (χ4v) is 1.99. The topological polar surface area (TPSA) is 55.8 Å². The van der Waals surface area contributed by atoms with Crippen LogP contribution in [0.25, 0.3) is 0 Å². The molecule has 4 heteroatoms. The minimum absolute atomic E-state index is 0.127. The van der Waals surface area contributed by atoms with Crippen LogP contribution >= 0.6 is 0 Å². The van der Waals surface area contributed by atoms with Crippen LogP contribution in [0.4, 0.5) is 0 Å². The molecule has 13 heavy (non-hydrogen) atoms. The molecule has 2 fully saturated rings. The Morgan fingerprint density at radius 2 is 2.31 bits per heavy atom. The molecule has 0 spiro atoms. The normalized spacial score (nSPS) is 37.7. The van der Waals surface area contributed by atoms with Gasteiger partial charge in [0.2, 0.25) is 0 Å². The van der Waals surface area contributed by atoms with Crippen LogP contribution in [-0.2, 0) is 14.3 Å². The number of fused-ring (bicyclic) bond motifs is 2. The van der Waals surface area contributed by atoms with E-state index in [-0.39, 0.29) is 24.7 Å². The largest absolute Gasteiger partial charge is 0.481 e. The van der Waals surface area contributed by atoms with Crippen LogP contribution in [0.5, 0.6) is 0 Å². The highest BCUT2D eigenvalue weighted by molar-refractivity contribution is 5.66. The van der Waals surface area contributed by atoms with Crippen LogP contribution in [0.2, 0.25) is 0 Å². The van der Waals surface area contributed by atoms with Crippen molar-refractivity contribution in [2.75, 3.05) is 6.61 Å². The quantitative estimate of drug-likeness (QED) is 0.714. The van der Waals surface area contributed by atoms with E-state index in [1.165, 1.54) is 0 Å². The molecule has 0 radical (unpaired) electrons. The van der Waals surface area contributed by atoms with E-state index in [0.717, 1.165) is 12.8 Å². The van der Waals surface area contributed by atoms with Crippen molar-refractivity contribution in [3.05, 3.63) is 0 Å². The van der Waals surface area contributed by atoms with E-state index in [2.05, 4.69) is 0 Å². The Kier molecular flexibility index (Phi) is 2.51. The molecule has 0 aromatic heterocycles. The van der Waals surface area contributed by atoms with E-state index in [1.54, 1.807) is 0 Å². The predicted octanol–water partition coefficient (Wildman–Crippen LogP) is 1.00. The van der Waals surface area contributed by atoms with Crippen molar-refractivity contribution in [1.29, 1.82) is 0 Å². The standard InChI is InChI=1S/C9H14O4/c10-8(11)4-2-6-1-3-7-5-12-9(6)13-7/h6-7,9H,1-5H2,(H,10,11)/t6?,7-,9+/m0/s1. The summed E-state index contributed by atoms with van der Waals surface area (Å²) in [5.41, 5.74) is 0. The zero-order valence-corrected chi connectivity index (χ0v) is 7.44. The molecule has 2 heterocycles. The molecular weight excluding hydrogens is 172 g/mol. The third-order valence-electron chi connectivity index (χ3n) is 2.75. The monoisotopic (exact) mass is 186 g/mol. The van der Waals surface area contributed by atoms with Gasteiger partial charge in [-0.1, -0.05) is 0 Å². The Bertz CT molecular complexity index is 204. The summed E-state index contributed by atoms with van der Waals surface area (Å²) in [5, 5.41) is 8.53. The van der Waals surface area contributed by atoms with Gasteiger partial charge in [0.1, 0.15) is 0 Å². The molecule has 2 saturated heterocycles. The van der Waals surface area contributed by atoms with Gasteiger partial charge < -0.3 is 14.6 Å². The lowest BCUT2D eigenvalue weighted by Gasteiger charge is -2.26. The third kappa shape index (κ3) is 2.00. The summed E-state index contributed by atoms with van der Waals surface area (Å²) in [6, 6.07) is 0. The van der Waals surface area contributed by atoms with Crippen molar-refractivity contribution < 1.29 is 19.4 Å². The van der Waals surface area contributed by atoms with Crippen molar-refractivity contribution in [3.63, 3.8) is 0 Å². The number of rotatable bonds is 3. The molecule has 2 aliphatic rings. The number of carboxylic acid groups (broad SMARTS) is 1. The van der Waals surface area contributed by atoms with E-state index in [9.17, 15) is 4.79 Å². The molecule has 0 aromatic rings. The lowest BCUT2D eigenvalue weighted by Crippen LogP contribution is -2.28. The summed E-state index contributed by atoms with van der Waals surface area (Å²) < 4.78 is 10.9. The van der Waals surface area contributed by atoms with Crippen molar-refractivity contribution in [2.24, 2.45) is 5.92 Å². The van der Waals surface area contributed by atoms with Gasteiger partial charge in [-0.2, -0.15) is 0 Å². The number of hydrogen-bond acceptors (Lipinski definition) is 3. The first-order chi connectivity index (χ1) is 6.25. The summed E-state index contributed by atoms with van der Waals surface area (Å²) in [7, 11) is 0. The molecule has 0 aromatic carbocycles. The first-order valence-electron chi connectivity index (χ1n) is 4.74. The van der Waals surface area contributed by atoms with E-state index >= 15 is 0 Å². The van der Waals surface area contributed by atoms with Crippen molar-refractivity contribution in [2.45, 2.75) is 38.1 Å². The minimum Gasteiger partial charge on any atom is -0.481 e. The lowest BCUT2D eigenvalue weighted by atomic mass is 9.94. The highest BCUT2D eigenvalue weighted by atomic mass is 16.7. The summed E-state index contributed by atoms with van der Waals surface area (Å²) in [6.45, 7) is 0.689. The zero-order valence-electron chi connectivity index (χ0n) is 7.44. The fraction of sp³-hybridized carbons (Fsp3) is 0.889.